The zero-order valence-electron chi connectivity index (χ0n) is 17.4. The van der Waals surface area contributed by atoms with E-state index in [1.165, 1.54) is 33.7 Å². The lowest BCUT2D eigenvalue weighted by Crippen LogP contribution is -2.25. The van der Waals surface area contributed by atoms with Gasteiger partial charge in [-0.1, -0.05) is 18.1 Å². The van der Waals surface area contributed by atoms with Crippen LogP contribution in [0.15, 0.2) is 0 Å². The second-order valence-electron chi connectivity index (χ2n) is 5.84. The van der Waals surface area contributed by atoms with Gasteiger partial charge in [0.15, 0.2) is 0 Å². The van der Waals surface area contributed by atoms with Crippen molar-refractivity contribution in [1.29, 1.82) is 0 Å². The first-order valence-electron chi connectivity index (χ1n) is 9.33. The summed E-state index contributed by atoms with van der Waals surface area (Å²) in [5.41, 5.74) is 0. The molecule has 0 aromatic carbocycles. The fraction of sp³-hybridized carbons (Fsp3) is 1.00. The number of rotatable bonds is 19. The average Bonchev–Trinajstić information content (AvgIpc) is 2.70. The summed E-state index contributed by atoms with van der Waals surface area (Å²) in [6.45, 7) is 3.62. The van der Waals surface area contributed by atoms with Crippen LogP contribution in [-0.2, 0) is 36.9 Å². The summed E-state index contributed by atoms with van der Waals surface area (Å²) in [4.78, 5) is 11.1. The van der Waals surface area contributed by atoms with Crippen LogP contribution >= 0.6 is 15.2 Å². The van der Waals surface area contributed by atoms with Crippen molar-refractivity contribution in [2.24, 2.45) is 0 Å². The Morgan fingerprint density at radius 3 is 1.30 bits per heavy atom. The quantitative estimate of drug-likeness (QED) is 0.166. The van der Waals surface area contributed by atoms with Gasteiger partial charge in [0.1, 0.15) is 0 Å². The SMILES string of the molecule is CCN(OCCCCCP(=O)(OC)OC)OCCCCCP(=O)(OC)OC. The van der Waals surface area contributed by atoms with Gasteiger partial charge in [-0.2, -0.15) is 0 Å². The fourth-order valence-electron chi connectivity index (χ4n) is 2.24. The smallest absolute Gasteiger partial charge is 0.312 e. The van der Waals surface area contributed by atoms with E-state index in [2.05, 4.69) is 0 Å². The summed E-state index contributed by atoms with van der Waals surface area (Å²) in [6.07, 6.45) is 5.72. The summed E-state index contributed by atoms with van der Waals surface area (Å²) >= 11 is 0. The number of hydroxylamine groups is 2. The molecule has 0 N–H and O–H groups in total. The zero-order chi connectivity index (χ0) is 20.6. The van der Waals surface area contributed by atoms with Gasteiger partial charge in [0.05, 0.1) is 25.5 Å². The lowest BCUT2D eigenvalue weighted by Gasteiger charge is -2.19. The van der Waals surface area contributed by atoms with E-state index in [4.69, 9.17) is 27.8 Å². The fourth-order valence-corrected chi connectivity index (χ4v) is 4.49. The highest BCUT2D eigenvalue weighted by atomic mass is 31.2. The van der Waals surface area contributed by atoms with Crippen LogP contribution in [-0.4, -0.2) is 65.7 Å². The van der Waals surface area contributed by atoms with Crippen molar-refractivity contribution in [2.45, 2.75) is 45.4 Å². The highest BCUT2D eigenvalue weighted by Gasteiger charge is 2.20. The predicted octanol–water partition coefficient (Wildman–Crippen LogP) is 4.48. The first-order chi connectivity index (χ1) is 12.9. The van der Waals surface area contributed by atoms with E-state index in [0.29, 0.717) is 32.1 Å². The minimum absolute atomic E-state index is 0.410. The van der Waals surface area contributed by atoms with Crippen LogP contribution in [0.1, 0.15) is 45.4 Å². The molecule has 0 spiro atoms. The molecule has 0 aromatic heterocycles. The van der Waals surface area contributed by atoms with Gasteiger partial charge < -0.3 is 18.1 Å². The summed E-state index contributed by atoms with van der Waals surface area (Å²) in [7, 11) is -0.204. The normalized spacial score (nSPS) is 12.8. The Hall–Kier alpha value is 0.180. The monoisotopic (exact) mass is 433 g/mol. The molecule has 0 bridgehead atoms. The predicted molar refractivity (Wildman–Crippen MR) is 105 cm³/mol. The molecule has 0 aliphatic carbocycles. The van der Waals surface area contributed by atoms with Gasteiger partial charge in [-0.15, -0.1) is 0 Å². The van der Waals surface area contributed by atoms with Gasteiger partial charge in [0, 0.05) is 35.0 Å². The van der Waals surface area contributed by atoms with Gasteiger partial charge in [0.25, 0.3) is 0 Å². The van der Waals surface area contributed by atoms with Gasteiger partial charge >= 0.3 is 15.2 Å². The van der Waals surface area contributed by atoms with E-state index >= 15 is 0 Å². The Bertz CT molecular complexity index is 398. The Kier molecular flexibility index (Phi) is 16.1. The number of nitrogens with zero attached hydrogens (tertiary/aromatic N) is 1. The number of hydrogen-bond acceptors (Lipinski definition) is 9. The molecule has 11 heteroatoms. The van der Waals surface area contributed by atoms with Gasteiger partial charge in [-0.05, 0) is 32.6 Å². The van der Waals surface area contributed by atoms with Crippen LogP contribution in [0, 0.1) is 0 Å². The molecule has 0 amide bonds. The van der Waals surface area contributed by atoms with Crippen molar-refractivity contribution in [3.8, 4) is 0 Å². The molecule has 0 aliphatic rings. The lowest BCUT2D eigenvalue weighted by molar-refractivity contribution is -0.366. The maximum Gasteiger partial charge on any atom is 0.330 e. The minimum Gasteiger partial charge on any atom is -0.312 e. The topological polar surface area (TPSA) is 92.8 Å². The summed E-state index contributed by atoms with van der Waals surface area (Å²) in [5.74, 6) is 0. The molecule has 0 saturated heterocycles. The molecule has 0 fully saturated rings. The molecule has 0 aromatic rings. The number of hydrogen-bond donors (Lipinski definition) is 0. The van der Waals surface area contributed by atoms with Crippen molar-refractivity contribution >= 4 is 15.2 Å². The van der Waals surface area contributed by atoms with Crippen LogP contribution in [0.25, 0.3) is 0 Å². The molecule has 0 unspecified atom stereocenters. The van der Waals surface area contributed by atoms with Crippen LogP contribution in [0.2, 0.25) is 0 Å². The second kappa shape index (κ2) is 16.0. The van der Waals surface area contributed by atoms with Crippen LogP contribution in [0.3, 0.4) is 0 Å². The van der Waals surface area contributed by atoms with Crippen molar-refractivity contribution in [3.63, 3.8) is 0 Å². The first kappa shape index (κ1) is 27.2. The zero-order valence-corrected chi connectivity index (χ0v) is 19.2. The third-order valence-electron chi connectivity index (χ3n) is 3.99. The van der Waals surface area contributed by atoms with E-state index in [1.54, 1.807) is 0 Å². The van der Waals surface area contributed by atoms with E-state index < -0.39 is 15.2 Å². The van der Waals surface area contributed by atoms with E-state index in [9.17, 15) is 9.13 Å². The Morgan fingerprint density at radius 1 is 0.630 bits per heavy atom. The molecule has 0 saturated carbocycles. The van der Waals surface area contributed by atoms with Crippen molar-refractivity contribution in [1.82, 2.24) is 5.23 Å². The minimum atomic E-state index is -2.90. The average molecular weight is 433 g/mol. The third kappa shape index (κ3) is 13.1. The summed E-state index contributed by atoms with van der Waals surface area (Å²) < 4.78 is 43.4. The standard InChI is InChI=1S/C16H37NO8P2/c1-6-17(24-13-9-7-11-15-26(18,20-2)21-3)25-14-10-8-12-16-27(19,22-4)23-5/h6-16H2,1-5H3. The Labute approximate surface area is 163 Å². The molecule has 9 nitrogen and oxygen atoms in total. The molecule has 0 atom stereocenters. The summed E-state index contributed by atoms with van der Waals surface area (Å²) in [6, 6.07) is 0. The summed E-state index contributed by atoms with van der Waals surface area (Å²) in [5, 5.41) is 1.48. The molecule has 0 heterocycles. The third-order valence-corrected chi connectivity index (χ3v) is 7.95. The highest BCUT2D eigenvalue weighted by Crippen LogP contribution is 2.47. The molecule has 0 radical (unpaired) electrons. The van der Waals surface area contributed by atoms with Gasteiger partial charge in [-0.3, -0.25) is 18.8 Å². The molecule has 0 aliphatic heterocycles. The molecule has 164 valence electrons. The largest absolute Gasteiger partial charge is 0.330 e. The van der Waals surface area contributed by atoms with E-state index in [-0.39, 0.29) is 0 Å². The van der Waals surface area contributed by atoms with E-state index in [1.807, 2.05) is 6.92 Å². The molecular weight excluding hydrogens is 396 g/mol. The molecule has 27 heavy (non-hydrogen) atoms. The highest BCUT2D eigenvalue weighted by molar-refractivity contribution is 7.54. The van der Waals surface area contributed by atoms with E-state index in [0.717, 1.165) is 38.5 Å². The molecular formula is C16H37NO8P2. The van der Waals surface area contributed by atoms with Crippen molar-refractivity contribution in [3.05, 3.63) is 0 Å². The first-order valence-corrected chi connectivity index (χ1v) is 12.8. The maximum absolute atomic E-state index is 11.9. The Balaban J connectivity index is 3.70. The van der Waals surface area contributed by atoms with Gasteiger partial charge in [-0.25, -0.2) is 0 Å². The van der Waals surface area contributed by atoms with Gasteiger partial charge in [0.2, 0.25) is 0 Å². The van der Waals surface area contributed by atoms with Crippen molar-refractivity contribution < 1.29 is 36.9 Å². The lowest BCUT2D eigenvalue weighted by atomic mass is 10.3. The Morgan fingerprint density at radius 2 is 1.00 bits per heavy atom. The van der Waals surface area contributed by atoms with Crippen LogP contribution in [0.4, 0.5) is 0 Å². The molecule has 0 rings (SSSR count). The number of unbranched alkanes of at least 4 members (excludes halogenated alkanes) is 4. The van der Waals surface area contributed by atoms with Crippen LogP contribution < -0.4 is 0 Å². The maximum atomic E-state index is 11.9. The van der Waals surface area contributed by atoms with Crippen molar-refractivity contribution in [2.75, 3.05) is 60.5 Å². The second-order valence-corrected chi connectivity index (χ2v) is 10.6. The van der Waals surface area contributed by atoms with Crippen LogP contribution in [0.5, 0.6) is 0 Å².